The molecule has 0 aliphatic rings. The highest BCUT2D eigenvalue weighted by Gasteiger charge is 2.11. The summed E-state index contributed by atoms with van der Waals surface area (Å²) in [7, 11) is 1.58. The number of rotatable bonds is 4. The molecular weight excluding hydrogens is 360 g/mol. The first-order chi connectivity index (χ1) is 11.2. The van der Waals surface area contributed by atoms with Gasteiger partial charge in [-0.1, -0.05) is 34.1 Å². The van der Waals surface area contributed by atoms with Crippen LogP contribution in [0.5, 0.6) is 5.75 Å². The van der Waals surface area contributed by atoms with Gasteiger partial charge < -0.3 is 9.15 Å². The average Bonchev–Trinajstić information content (AvgIpc) is 2.99. The van der Waals surface area contributed by atoms with E-state index in [2.05, 4.69) is 26.5 Å². The highest BCUT2D eigenvalue weighted by molar-refractivity contribution is 9.10. The minimum atomic E-state index is -0.411. The van der Waals surface area contributed by atoms with Crippen molar-refractivity contribution in [2.24, 2.45) is 5.10 Å². The van der Waals surface area contributed by atoms with Crippen molar-refractivity contribution in [3.05, 3.63) is 64.3 Å². The molecule has 0 fully saturated rings. The molecule has 0 bridgehead atoms. The van der Waals surface area contributed by atoms with Crippen LogP contribution in [-0.2, 0) is 0 Å². The van der Waals surface area contributed by atoms with Crippen molar-refractivity contribution in [3.63, 3.8) is 0 Å². The fourth-order valence-corrected chi connectivity index (χ4v) is 2.49. The van der Waals surface area contributed by atoms with Crippen molar-refractivity contribution in [1.82, 2.24) is 5.43 Å². The lowest BCUT2D eigenvalue weighted by atomic mass is 10.2. The summed E-state index contributed by atoms with van der Waals surface area (Å²) in [5.74, 6) is 0.464. The number of methoxy groups -OCH3 is 1. The zero-order valence-corrected chi connectivity index (χ0v) is 13.8. The van der Waals surface area contributed by atoms with Crippen LogP contribution in [0.1, 0.15) is 16.1 Å². The first-order valence-corrected chi connectivity index (χ1v) is 7.62. The average molecular weight is 373 g/mol. The molecule has 2 aromatic carbocycles. The van der Waals surface area contributed by atoms with Gasteiger partial charge in [0.05, 0.1) is 13.3 Å². The Balaban J connectivity index is 1.74. The molecule has 3 aromatic rings. The molecular formula is C17H13BrN2O3. The molecule has 6 heteroatoms. The number of hydrogen-bond acceptors (Lipinski definition) is 4. The smallest absolute Gasteiger partial charge is 0.307 e. The summed E-state index contributed by atoms with van der Waals surface area (Å²) < 4.78 is 11.6. The van der Waals surface area contributed by atoms with E-state index >= 15 is 0 Å². The number of benzene rings is 2. The molecule has 0 aliphatic carbocycles. The van der Waals surface area contributed by atoms with Crippen molar-refractivity contribution in [1.29, 1.82) is 0 Å². The lowest BCUT2D eigenvalue weighted by Gasteiger charge is -2.04. The number of halogens is 1. The fraction of sp³-hybridized carbons (Fsp3) is 0.0588. The van der Waals surface area contributed by atoms with Crippen LogP contribution >= 0.6 is 15.9 Å². The van der Waals surface area contributed by atoms with Crippen LogP contribution in [0.4, 0.5) is 0 Å². The third kappa shape index (κ3) is 3.43. The van der Waals surface area contributed by atoms with E-state index in [0.717, 1.165) is 15.4 Å². The van der Waals surface area contributed by atoms with Crippen LogP contribution in [-0.4, -0.2) is 19.2 Å². The number of carbonyl (C=O) groups is 1. The Morgan fingerprint density at radius 2 is 2.09 bits per heavy atom. The van der Waals surface area contributed by atoms with Gasteiger partial charge in [-0.15, -0.1) is 0 Å². The third-order valence-corrected chi connectivity index (χ3v) is 3.70. The molecule has 3 rings (SSSR count). The van der Waals surface area contributed by atoms with E-state index in [-0.39, 0.29) is 5.76 Å². The van der Waals surface area contributed by atoms with Crippen LogP contribution in [0.15, 0.2) is 62.5 Å². The first-order valence-electron chi connectivity index (χ1n) is 6.83. The number of hydrazone groups is 1. The SMILES string of the molecule is COc1ccc(Br)cc1/C=N/NC(=O)c1cc2ccccc2o1. The molecule has 0 saturated heterocycles. The molecule has 0 atom stereocenters. The van der Waals surface area contributed by atoms with Crippen molar-refractivity contribution < 1.29 is 13.9 Å². The second kappa shape index (κ2) is 6.66. The van der Waals surface area contributed by atoms with Crippen LogP contribution in [0.3, 0.4) is 0 Å². The third-order valence-electron chi connectivity index (χ3n) is 3.21. The molecule has 0 unspecified atom stereocenters. The number of para-hydroxylation sites is 1. The van der Waals surface area contributed by atoms with Crippen molar-refractivity contribution in [2.75, 3.05) is 7.11 Å². The molecule has 1 N–H and O–H groups in total. The minimum Gasteiger partial charge on any atom is -0.496 e. The van der Waals surface area contributed by atoms with Gasteiger partial charge in [0.1, 0.15) is 11.3 Å². The summed E-state index contributed by atoms with van der Waals surface area (Å²) in [6, 6.07) is 14.6. The zero-order chi connectivity index (χ0) is 16.2. The number of hydrogen-bond donors (Lipinski definition) is 1. The summed E-state index contributed by atoms with van der Waals surface area (Å²) in [6.45, 7) is 0. The van der Waals surface area contributed by atoms with Gasteiger partial charge in [-0.2, -0.15) is 5.10 Å². The Hall–Kier alpha value is -2.60. The van der Waals surface area contributed by atoms with Gasteiger partial charge in [-0.25, -0.2) is 5.43 Å². The largest absolute Gasteiger partial charge is 0.496 e. The molecule has 0 spiro atoms. The highest BCUT2D eigenvalue weighted by Crippen LogP contribution is 2.21. The topological polar surface area (TPSA) is 63.8 Å². The van der Waals surface area contributed by atoms with E-state index in [0.29, 0.717) is 11.3 Å². The maximum Gasteiger partial charge on any atom is 0.307 e. The van der Waals surface area contributed by atoms with Crippen LogP contribution < -0.4 is 10.2 Å². The number of nitrogens with zero attached hydrogens (tertiary/aromatic N) is 1. The summed E-state index contributed by atoms with van der Waals surface area (Å²) in [5, 5.41) is 4.82. The molecule has 1 aromatic heterocycles. The standard InChI is InChI=1S/C17H13BrN2O3/c1-22-14-7-6-13(18)8-12(14)10-19-20-17(21)16-9-11-4-2-3-5-15(11)23-16/h2-10H,1H3,(H,20,21)/b19-10+. The van der Waals surface area contributed by atoms with Gasteiger partial charge in [0.15, 0.2) is 5.76 Å². The number of ether oxygens (including phenoxy) is 1. The maximum atomic E-state index is 12.1. The summed E-state index contributed by atoms with van der Waals surface area (Å²) in [6.07, 6.45) is 1.52. The monoisotopic (exact) mass is 372 g/mol. The number of furan rings is 1. The normalized spacial score (nSPS) is 11.0. The van der Waals surface area contributed by atoms with E-state index in [1.807, 2.05) is 42.5 Å². The van der Waals surface area contributed by atoms with Gasteiger partial charge in [-0.05, 0) is 30.3 Å². The van der Waals surface area contributed by atoms with Crippen molar-refractivity contribution in [2.45, 2.75) is 0 Å². The predicted molar refractivity (Wildman–Crippen MR) is 92.0 cm³/mol. The second-order valence-corrected chi connectivity index (χ2v) is 5.65. The number of carbonyl (C=O) groups excluding carboxylic acids is 1. The van der Waals surface area contributed by atoms with Crippen molar-refractivity contribution >= 4 is 39.0 Å². The zero-order valence-electron chi connectivity index (χ0n) is 12.2. The van der Waals surface area contributed by atoms with E-state index < -0.39 is 5.91 Å². The summed E-state index contributed by atoms with van der Waals surface area (Å²) in [5.41, 5.74) is 3.85. The van der Waals surface area contributed by atoms with Gasteiger partial charge >= 0.3 is 5.91 Å². The van der Waals surface area contributed by atoms with Crippen molar-refractivity contribution in [3.8, 4) is 5.75 Å². The van der Waals surface area contributed by atoms with Gasteiger partial charge in [0.2, 0.25) is 0 Å². The Morgan fingerprint density at radius 3 is 2.87 bits per heavy atom. The Bertz CT molecular complexity index is 853. The summed E-state index contributed by atoms with van der Waals surface area (Å²) >= 11 is 3.38. The number of nitrogens with one attached hydrogen (secondary N) is 1. The van der Waals surface area contributed by atoms with Crippen LogP contribution in [0, 0.1) is 0 Å². The molecule has 23 heavy (non-hydrogen) atoms. The molecule has 0 saturated carbocycles. The molecule has 0 aliphatic heterocycles. The van der Waals surface area contributed by atoms with Crippen LogP contribution in [0.2, 0.25) is 0 Å². The predicted octanol–water partition coefficient (Wildman–Crippen LogP) is 3.97. The highest BCUT2D eigenvalue weighted by atomic mass is 79.9. The van der Waals surface area contributed by atoms with Gasteiger partial charge in [0.25, 0.3) is 0 Å². The van der Waals surface area contributed by atoms with E-state index in [9.17, 15) is 4.79 Å². The number of fused-ring (bicyclic) bond motifs is 1. The molecule has 1 heterocycles. The summed E-state index contributed by atoms with van der Waals surface area (Å²) in [4.78, 5) is 12.1. The Kier molecular flexibility index (Phi) is 4.43. The first kappa shape index (κ1) is 15.3. The number of amides is 1. The Morgan fingerprint density at radius 1 is 1.26 bits per heavy atom. The maximum absolute atomic E-state index is 12.1. The molecule has 1 amide bonds. The van der Waals surface area contributed by atoms with Crippen LogP contribution in [0.25, 0.3) is 11.0 Å². The quantitative estimate of drug-likeness (QED) is 0.556. The Labute approximate surface area is 141 Å². The van der Waals surface area contributed by atoms with E-state index in [1.54, 1.807) is 13.2 Å². The molecule has 5 nitrogen and oxygen atoms in total. The van der Waals surface area contributed by atoms with Gasteiger partial charge in [0, 0.05) is 15.4 Å². The van der Waals surface area contributed by atoms with E-state index in [1.165, 1.54) is 6.21 Å². The second-order valence-electron chi connectivity index (χ2n) is 4.73. The van der Waals surface area contributed by atoms with Gasteiger partial charge in [-0.3, -0.25) is 4.79 Å². The minimum absolute atomic E-state index is 0.213. The van der Waals surface area contributed by atoms with E-state index in [4.69, 9.17) is 9.15 Å². The molecule has 0 radical (unpaired) electrons. The molecule has 116 valence electrons. The lowest BCUT2D eigenvalue weighted by molar-refractivity contribution is 0.0929. The fourth-order valence-electron chi connectivity index (χ4n) is 2.12. The lowest BCUT2D eigenvalue weighted by Crippen LogP contribution is -2.16.